The Morgan fingerprint density at radius 3 is 2.44 bits per heavy atom. The second-order valence-corrected chi connectivity index (χ2v) is 8.57. The van der Waals surface area contributed by atoms with Crippen molar-refractivity contribution in [3.8, 4) is 5.75 Å². The van der Waals surface area contributed by atoms with Gasteiger partial charge in [0.1, 0.15) is 18.4 Å². The van der Waals surface area contributed by atoms with Crippen LogP contribution in [0.25, 0.3) is 0 Å². The molecule has 168 valence electrons. The molecule has 2 aromatic rings. The van der Waals surface area contributed by atoms with Crippen LogP contribution in [0.2, 0.25) is 10.0 Å². The van der Waals surface area contributed by atoms with Gasteiger partial charge >= 0.3 is 0 Å². The van der Waals surface area contributed by atoms with Crippen molar-refractivity contribution in [2.24, 2.45) is 0 Å². The third-order valence-electron chi connectivity index (χ3n) is 5.57. The molecule has 1 N–H and O–H groups in total. The highest BCUT2D eigenvalue weighted by Crippen LogP contribution is 2.33. The first-order chi connectivity index (χ1) is 15.4. The molecule has 2 unspecified atom stereocenters. The molecule has 0 bridgehead atoms. The van der Waals surface area contributed by atoms with Crippen LogP contribution in [0.4, 0.5) is 5.69 Å². The van der Waals surface area contributed by atoms with Crippen molar-refractivity contribution >= 4 is 46.6 Å². The average molecular weight is 477 g/mol. The van der Waals surface area contributed by atoms with Gasteiger partial charge in [0.15, 0.2) is 0 Å². The Kier molecular flexibility index (Phi) is 6.69. The number of anilines is 1. The van der Waals surface area contributed by atoms with E-state index in [2.05, 4.69) is 5.32 Å². The molecule has 9 heteroatoms. The zero-order valence-corrected chi connectivity index (χ0v) is 18.9. The monoisotopic (exact) mass is 476 g/mol. The molecule has 0 aliphatic carbocycles. The van der Waals surface area contributed by atoms with Crippen molar-refractivity contribution in [1.82, 2.24) is 4.90 Å². The van der Waals surface area contributed by atoms with Crippen LogP contribution in [0.3, 0.4) is 0 Å². The molecule has 3 amide bonds. The molecule has 1 fully saturated rings. The number of carbonyl (C=O) groups is 3. The zero-order valence-electron chi connectivity index (χ0n) is 17.4. The lowest BCUT2D eigenvalue weighted by Gasteiger charge is -2.24. The van der Waals surface area contributed by atoms with E-state index in [1.54, 1.807) is 24.3 Å². The van der Waals surface area contributed by atoms with Gasteiger partial charge in [-0.05, 0) is 50.5 Å². The molecule has 2 aromatic carbocycles. The molecular weight excluding hydrogens is 455 g/mol. The standard InChI is InChI=1S/C23H22Cl2N2O5/c1-13(27-22(29)15-10-17(24)18(25)11-16(15)23(27)30)21(28)26-19-7-2-3-8-20(19)32-12-14-6-4-5-9-31-14/h2-3,7-8,10-11,13-14H,4-6,9,12H2,1H3,(H,26,28). The Balaban J connectivity index is 1.46. The number of ether oxygens (including phenoxy) is 2. The Morgan fingerprint density at radius 1 is 1.16 bits per heavy atom. The van der Waals surface area contributed by atoms with Gasteiger partial charge < -0.3 is 14.8 Å². The lowest BCUT2D eigenvalue weighted by Crippen LogP contribution is -2.45. The van der Waals surface area contributed by atoms with E-state index in [1.807, 2.05) is 0 Å². The summed E-state index contributed by atoms with van der Waals surface area (Å²) in [6, 6.07) is 8.64. The predicted molar refractivity (Wildman–Crippen MR) is 121 cm³/mol. The van der Waals surface area contributed by atoms with Crippen LogP contribution in [-0.2, 0) is 9.53 Å². The highest BCUT2D eigenvalue weighted by molar-refractivity contribution is 6.43. The first kappa shape index (κ1) is 22.6. The van der Waals surface area contributed by atoms with Gasteiger partial charge in [-0.3, -0.25) is 19.3 Å². The molecule has 2 aliphatic heterocycles. The van der Waals surface area contributed by atoms with E-state index in [-0.39, 0.29) is 27.3 Å². The number of imide groups is 1. The number of nitrogens with zero attached hydrogens (tertiary/aromatic N) is 1. The van der Waals surface area contributed by atoms with Crippen molar-refractivity contribution < 1.29 is 23.9 Å². The maximum Gasteiger partial charge on any atom is 0.262 e. The molecule has 2 atom stereocenters. The van der Waals surface area contributed by atoms with Gasteiger partial charge in [0.05, 0.1) is 33.0 Å². The average Bonchev–Trinajstić information content (AvgIpc) is 3.03. The molecule has 7 nitrogen and oxygen atoms in total. The first-order valence-corrected chi connectivity index (χ1v) is 11.1. The summed E-state index contributed by atoms with van der Waals surface area (Å²) in [6.07, 6.45) is 3.10. The number of para-hydroxylation sites is 2. The summed E-state index contributed by atoms with van der Waals surface area (Å²) in [7, 11) is 0. The van der Waals surface area contributed by atoms with Crippen LogP contribution in [0.1, 0.15) is 46.9 Å². The maximum atomic E-state index is 12.9. The highest BCUT2D eigenvalue weighted by atomic mass is 35.5. The quantitative estimate of drug-likeness (QED) is 0.617. The van der Waals surface area contributed by atoms with Crippen LogP contribution in [0.5, 0.6) is 5.75 Å². The minimum absolute atomic E-state index is 0.0171. The van der Waals surface area contributed by atoms with Crippen molar-refractivity contribution in [1.29, 1.82) is 0 Å². The minimum Gasteiger partial charge on any atom is -0.489 e. The fraction of sp³-hybridized carbons (Fsp3) is 0.348. The number of rotatable bonds is 6. The van der Waals surface area contributed by atoms with E-state index in [4.69, 9.17) is 32.7 Å². The summed E-state index contributed by atoms with van der Waals surface area (Å²) >= 11 is 12.0. The van der Waals surface area contributed by atoms with Crippen LogP contribution >= 0.6 is 23.2 Å². The zero-order chi connectivity index (χ0) is 22.8. The van der Waals surface area contributed by atoms with E-state index in [0.717, 1.165) is 30.8 Å². The van der Waals surface area contributed by atoms with Crippen LogP contribution in [0, 0.1) is 0 Å². The summed E-state index contributed by atoms with van der Waals surface area (Å²) in [5.41, 5.74) is 0.698. The van der Waals surface area contributed by atoms with Gasteiger partial charge in [-0.2, -0.15) is 0 Å². The van der Waals surface area contributed by atoms with Crippen LogP contribution in [0.15, 0.2) is 36.4 Å². The molecule has 2 aliphatic rings. The van der Waals surface area contributed by atoms with E-state index < -0.39 is 23.8 Å². The summed E-state index contributed by atoms with van der Waals surface area (Å²) in [6.45, 7) is 2.59. The molecule has 0 saturated carbocycles. The van der Waals surface area contributed by atoms with E-state index in [0.29, 0.717) is 18.0 Å². The van der Waals surface area contributed by atoms with Crippen molar-refractivity contribution in [2.45, 2.75) is 38.3 Å². The number of nitrogens with one attached hydrogen (secondary N) is 1. The Hall–Kier alpha value is -2.61. The number of fused-ring (bicyclic) bond motifs is 1. The second-order valence-electron chi connectivity index (χ2n) is 7.75. The number of halogens is 2. The van der Waals surface area contributed by atoms with Crippen molar-refractivity contribution in [3.05, 3.63) is 57.6 Å². The number of carbonyl (C=O) groups excluding carboxylic acids is 3. The van der Waals surface area contributed by atoms with Crippen molar-refractivity contribution in [2.75, 3.05) is 18.5 Å². The van der Waals surface area contributed by atoms with Gasteiger partial charge in [0.25, 0.3) is 11.8 Å². The SMILES string of the molecule is CC(C(=O)Nc1ccccc1OCC1CCCCO1)N1C(=O)c2cc(Cl)c(Cl)cc2C1=O. The van der Waals surface area contributed by atoms with Gasteiger partial charge in [0.2, 0.25) is 5.91 Å². The minimum atomic E-state index is -1.06. The molecule has 4 rings (SSSR count). The fourth-order valence-corrected chi connectivity index (χ4v) is 4.10. The smallest absolute Gasteiger partial charge is 0.262 e. The van der Waals surface area contributed by atoms with Gasteiger partial charge in [-0.1, -0.05) is 35.3 Å². The van der Waals surface area contributed by atoms with Gasteiger partial charge in [-0.15, -0.1) is 0 Å². The largest absolute Gasteiger partial charge is 0.489 e. The third-order valence-corrected chi connectivity index (χ3v) is 6.29. The fourth-order valence-electron chi connectivity index (χ4n) is 3.78. The number of benzene rings is 2. The van der Waals surface area contributed by atoms with E-state index >= 15 is 0 Å². The molecular formula is C23H22Cl2N2O5. The summed E-state index contributed by atoms with van der Waals surface area (Å²) in [5, 5.41) is 3.09. The number of amides is 3. The lowest BCUT2D eigenvalue weighted by molar-refractivity contribution is -0.119. The highest BCUT2D eigenvalue weighted by Gasteiger charge is 2.41. The summed E-state index contributed by atoms with van der Waals surface area (Å²) in [5.74, 6) is -1.22. The van der Waals surface area contributed by atoms with Crippen LogP contribution in [-0.4, -0.2) is 48.0 Å². The Labute approximate surface area is 195 Å². The number of hydrogen-bond acceptors (Lipinski definition) is 5. The third kappa shape index (κ3) is 4.46. The summed E-state index contributed by atoms with van der Waals surface area (Å²) in [4.78, 5) is 39.4. The van der Waals surface area contributed by atoms with E-state index in [1.165, 1.54) is 19.1 Å². The Bertz CT molecular complexity index is 1030. The molecule has 0 aromatic heterocycles. The van der Waals surface area contributed by atoms with Crippen molar-refractivity contribution in [3.63, 3.8) is 0 Å². The predicted octanol–water partition coefficient (Wildman–Crippen LogP) is 4.56. The normalized spacial score (nSPS) is 19.0. The van der Waals surface area contributed by atoms with E-state index in [9.17, 15) is 14.4 Å². The van der Waals surface area contributed by atoms with Gasteiger partial charge in [0, 0.05) is 6.61 Å². The van der Waals surface area contributed by atoms with Gasteiger partial charge in [-0.25, -0.2) is 0 Å². The molecule has 0 radical (unpaired) electrons. The second kappa shape index (κ2) is 9.48. The number of hydrogen-bond donors (Lipinski definition) is 1. The molecule has 0 spiro atoms. The molecule has 2 heterocycles. The molecule has 1 saturated heterocycles. The lowest BCUT2D eigenvalue weighted by atomic mass is 10.1. The van der Waals surface area contributed by atoms with Crippen LogP contribution < -0.4 is 10.1 Å². The molecule has 32 heavy (non-hydrogen) atoms. The summed E-state index contributed by atoms with van der Waals surface area (Å²) < 4.78 is 11.6. The topological polar surface area (TPSA) is 84.9 Å². The Morgan fingerprint density at radius 2 is 1.81 bits per heavy atom. The first-order valence-electron chi connectivity index (χ1n) is 10.4. The maximum absolute atomic E-state index is 12.9.